The Hall–Kier alpha value is -4.61. The number of halogens is 1. The minimum Gasteiger partial charge on any atom is -0.494 e. The van der Waals surface area contributed by atoms with Crippen LogP contribution < -0.4 is 15.1 Å². The molecule has 0 radical (unpaired) electrons. The molecule has 0 saturated carbocycles. The first kappa shape index (κ1) is 24.0. The van der Waals surface area contributed by atoms with E-state index in [-0.39, 0.29) is 22.7 Å². The molecule has 1 aliphatic heterocycles. The van der Waals surface area contributed by atoms with Crippen LogP contribution >= 0.6 is 0 Å². The van der Waals surface area contributed by atoms with Crippen molar-refractivity contribution in [2.24, 2.45) is 0 Å². The van der Waals surface area contributed by atoms with Gasteiger partial charge in [-0.15, -0.1) is 0 Å². The number of amides is 4. The SMILES string of the molecule is CC=CC(=O)N(NC(=O)c1cccc(F)c1)C1CC(=O)N(c2ccc([N+](=O)[O-])cc2OC)C1=O. The molecule has 0 bridgehead atoms. The van der Waals surface area contributed by atoms with Gasteiger partial charge in [0.05, 0.1) is 30.2 Å². The lowest BCUT2D eigenvalue weighted by molar-refractivity contribution is -0.384. The second-order valence-electron chi connectivity index (χ2n) is 7.06. The number of imide groups is 1. The number of carbonyl (C=O) groups excluding carboxylic acids is 4. The molecule has 0 aliphatic carbocycles. The molecule has 1 N–H and O–H groups in total. The maximum absolute atomic E-state index is 13.5. The van der Waals surface area contributed by atoms with Gasteiger partial charge in [-0.1, -0.05) is 12.1 Å². The van der Waals surface area contributed by atoms with E-state index in [4.69, 9.17) is 4.74 Å². The van der Waals surface area contributed by atoms with Crippen LogP contribution in [-0.4, -0.2) is 46.7 Å². The van der Waals surface area contributed by atoms with Crippen molar-refractivity contribution in [3.63, 3.8) is 0 Å². The number of methoxy groups -OCH3 is 1. The molecule has 2 aromatic carbocycles. The van der Waals surface area contributed by atoms with Crippen LogP contribution in [-0.2, 0) is 14.4 Å². The molecule has 3 rings (SSSR count). The third-order valence-electron chi connectivity index (χ3n) is 4.90. The monoisotopic (exact) mass is 470 g/mol. The number of non-ortho nitro benzene ring substituents is 1. The number of nitrogens with one attached hydrogen (secondary N) is 1. The van der Waals surface area contributed by atoms with Crippen molar-refractivity contribution in [2.75, 3.05) is 12.0 Å². The van der Waals surface area contributed by atoms with Crippen LogP contribution in [0.1, 0.15) is 23.7 Å². The molecule has 1 unspecified atom stereocenters. The summed E-state index contributed by atoms with van der Waals surface area (Å²) in [6.45, 7) is 1.54. The number of ether oxygens (including phenoxy) is 1. The fraction of sp³-hybridized carbons (Fsp3) is 0.182. The van der Waals surface area contributed by atoms with E-state index >= 15 is 0 Å². The molecule has 0 aromatic heterocycles. The van der Waals surface area contributed by atoms with E-state index in [1.54, 1.807) is 6.92 Å². The highest BCUT2D eigenvalue weighted by Crippen LogP contribution is 2.35. The molecule has 11 nitrogen and oxygen atoms in total. The Balaban J connectivity index is 1.95. The molecule has 34 heavy (non-hydrogen) atoms. The Bertz CT molecular complexity index is 1210. The highest BCUT2D eigenvalue weighted by Gasteiger charge is 2.46. The number of nitro benzene ring substituents is 1. The first-order valence-corrected chi connectivity index (χ1v) is 9.89. The number of hydrazine groups is 1. The van der Waals surface area contributed by atoms with E-state index in [1.165, 1.54) is 31.4 Å². The number of benzene rings is 2. The zero-order chi connectivity index (χ0) is 25.0. The Morgan fingerprint density at radius 2 is 2.00 bits per heavy atom. The molecule has 176 valence electrons. The third kappa shape index (κ3) is 4.75. The molecule has 1 atom stereocenters. The van der Waals surface area contributed by atoms with Gasteiger partial charge >= 0.3 is 0 Å². The van der Waals surface area contributed by atoms with Gasteiger partial charge in [0.15, 0.2) is 0 Å². The van der Waals surface area contributed by atoms with Crippen molar-refractivity contribution < 1.29 is 33.2 Å². The Labute approximate surface area is 192 Å². The Kier molecular flexibility index (Phi) is 7.00. The summed E-state index contributed by atoms with van der Waals surface area (Å²) in [4.78, 5) is 62.4. The summed E-state index contributed by atoms with van der Waals surface area (Å²) < 4.78 is 18.6. The molecule has 0 spiro atoms. The number of carbonyl (C=O) groups is 4. The quantitative estimate of drug-likeness (QED) is 0.295. The Morgan fingerprint density at radius 3 is 2.62 bits per heavy atom. The van der Waals surface area contributed by atoms with Gasteiger partial charge in [-0.2, -0.15) is 0 Å². The van der Waals surface area contributed by atoms with Crippen LogP contribution in [0.2, 0.25) is 0 Å². The average molecular weight is 470 g/mol. The highest BCUT2D eigenvalue weighted by atomic mass is 19.1. The highest BCUT2D eigenvalue weighted by molar-refractivity contribution is 6.24. The number of hydrogen-bond acceptors (Lipinski definition) is 7. The van der Waals surface area contributed by atoms with E-state index in [2.05, 4.69) is 5.43 Å². The summed E-state index contributed by atoms with van der Waals surface area (Å²) in [6.07, 6.45) is 1.98. The van der Waals surface area contributed by atoms with Gasteiger partial charge in [0.2, 0.25) is 5.91 Å². The summed E-state index contributed by atoms with van der Waals surface area (Å²) in [6, 6.07) is 6.60. The Morgan fingerprint density at radius 1 is 1.26 bits per heavy atom. The standard InChI is InChI=1S/C22H19FN4O7/c1-3-5-19(28)26(24-21(30)13-6-4-7-14(23)10-13)17-12-20(29)25(22(17)31)16-9-8-15(27(32)33)11-18(16)34-2/h3-11,17H,12H2,1-2H3,(H,24,30). The van der Waals surface area contributed by atoms with Gasteiger partial charge in [-0.05, 0) is 31.2 Å². The minimum atomic E-state index is -1.42. The number of hydrogen-bond donors (Lipinski definition) is 1. The average Bonchev–Trinajstić information content (AvgIpc) is 3.10. The summed E-state index contributed by atoms with van der Waals surface area (Å²) >= 11 is 0. The molecular weight excluding hydrogens is 451 g/mol. The summed E-state index contributed by atoms with van der Waals surface area (Å²) in [5.41, 5.74) is 1.79. The normalized spacial score (nSPS) is 15.5. The van der Waals surface area contributed by atoms with Crippen LogP contribution in [0.15, 0.2) is 54.6 Å². The summed E-state index contributed by atoms with van der Waals surface area (Å²) in [7, 11) is 1.21. The predicted octanol–water partition coefficient (Wildman–Crippen LogP) is 2.12. The lowest BCUT2D eigenvalue weighted by Crippen LogP contribution is -2.54. The van der Waals surface area contributed by atoms with Crippen LogP contribution in [0.4, 0.5) is 15.8 Å². The maximum Gasteiger partial charge on any atom is 0.273 e. The fourth-order valence-electron chi connectivity index (χ4n) is 3.35. The van der Waals surface area contributed by atoms with Crippen LogP contribution in [0.5, 0.6) is 5.75 Å². The lowest BCUT2D eigenvalue weighted by Gasteiger charge is -2.27. The van der Waals surface area contributed by atoms with Crippen molar-refractivity contribution in [1.29, 1.82) is 0 Å². The molecule has 2 aromatic rings. The van der Waals surface area contributed by atoms with E-state index in [9.17, 15) is 33.7 Å². The van der Waals surface area contributed by atoms with Crippen LogP contribution in [0.25, 0.3) is 0 Å². The smallest absolute Gasteiger partial charge is 0.273 e. The first-order chi connectivity index (χ1) is 16.2. The van der Waals surface area contributed by atoms with Crippen molar-refractivity contribution in [1.82, 2.24) is 10.4 Å². The van der Waals surface area contributed by atoms with Crippen molar-refractivity contribution in [3.05, 3.63) is 76.1 Å². The van der Waals surface area contributed by atoms with Gasteiger partial charge in [0, 0.05) is 17.7 Å². The van der Waals surface area contributed by atoms with E-state index in [0.717, 1.165) is 35.2 Å². The van der Waals surface area contributed by atoms with E-state index < -0.39 is 46.8 Å². The molecule has 12 heteroatoms. The summed E-state index contributed by atoms with van der Waals surface area (Å²) in [5.74, 6) is -4.04. The maximum atomic E-state index is 13.5. The van der Waals surface area contributed by atoms with Crippen LogP contribution in [0, 0.1) is 15.9 Å². The second kappa shape index (κ2) is 9.90. The summed E-state index contributed by atoms with van der Waals surface area (Å²) in [5, 5.41) is 11.7. The van der Waals surface area contributed by atoms with Gasteiger partial charge < -0.3 is 4.74 Å². The number of rotatable bonds is 6. The van der Waals surface area contributed by atoms with Crippen molar-refractivity contribution >= 4 is 35.0 Å². The molecular formula is C22H19FN4O7. The lowest BCUT2D eigenvalue weighted by atomic mass is 10.2. The number of nitrogens with zero attached hydrogens (tertiary/aromatic N) is 3. The van der Waals surface area contributed by atoms with E-state index in [0.29, 0.717) is 5.01 Å². The first-order valence-electron chi connectivity index (χ1n) is 9.89. The fourth-order valence-corrected chi connectivity index (χ4v) is 3.35. The number of allylic oxidation sites excluding steroid dienone is 1. The largest absolute Gasteiger partial charge is 0.494 e. The molecule has 1 fully saturated rings. The molecule has 1 saturated heterocycles. The minimum absolute atomic E-state index is 0.0551. The topological polar surface area (TPSA) is 139 Å². The van der Waals surface area contributed by atoms with Crippen LogP contribution in [0.3, 0.4) is 0 Å². The molecule has 1 aliphatic rings. The molecule has 4 amide bonds. The van der Waals surface area contributed by atoms with Gasteiger partial charge in [-0.25, -0.2) is 14.3 Å². The zero-order valence-corrected chi connectivity index (χ0v) is 18.1. The predicted molar refractivity (Wildman–Crippen MR) is 116 cm³/mol. The number of nitro groups is 1. The van der Waals surface area contributed by atoms with Gasteiger partial charge in [-0.3, -0.25) is 34.7 Å². The van der Waals surface area contributed by atoms with E-state index in [1.807, 2.05) is 0 Å². The van der Waals surface area contributed by atoms with Crippen molar-refractivity contribution in [3.8, 4) is 5.75 Å². The van der Waals surface area contributed by atoms with Gasteiger partial charge in [0.1, 0.15) is 17.6 Å². The zero-order valence-electron chi connectivity index (χ0n) is 18.1. The number of anilines is 1. The van der Waals surface area contributed by atoms with Crippen molar-refractivity contribution in [2.45, 2.75) is 19.4 Å². The second-order valence-corrected chi connectivity index (χ2v) is 7.06. The molecule has 1 heterocycles. The van der Waals surface area contributed by atoms with Gasteiger partial charge in [0.25, 0.3) is 23.4 Å². The third-order valence-corrected chi connectivity index (χ3v) is 4.90.